The predicted octanol–water partition coefficient (Wildman–Crippen LogP) is 4.29. The summed E-state index contributed by atoms with van der Waals surface area (Å²) >= 11 is 7.59. The first-order chi connectivity index (χ1) is 8.65. The van der Waals surface area contributed by atoms with E-state index in [1.807, 2.05) is 25.1 Å². The molecule has 0 spiro atoms. The third-order valence-corrected chi connectivity index (χ3v) is 4.57. The lowest BCUT2D eigenvalue weighted by Gasteiger charge is -2.06. The summed E-state index contributed by atoms with van der Waals surface area (Å²) < 4.78 is 0. The number of ketones is 1. The number of nitrogens with zero attached hydrogens (tertiary/aromatic N) is 1. The summed E-state index contributed by atoms with van der Waals surface area (Å²) in [5.74, 6) is 0.186. The molecule has 0 saturated carbocycles. The summed E-state index contributed by atoms with van der Waals surface area (Å²) in [5.41, 5.74) is 2.86. The van der Waals surface area contributed by atoms with Crippen LogP contribution in [-0.2, 0) is 6.42 Å². The van der Waals surface area contributed by atoms with Crippen molar-refractivity contribution in [2.45, 2.75) is 26.2 Å². The van der Waals surface area contributed by atoms with Gasteiger partial charge >= 0.3 is 0 Å². The van der Waals surface area contributed by atoms with Gasteiger partial charge in [-0.05, 0) is 37.5 Å². The van der Waals surface area contributed by atoms with Gasteiger partial charge in [0.25, 0.3) is 0 Å². The van der Waals surface area contributed by atoms with Crippen LogP contribution in [0.5, 0.6) is 0 Å². The zero-order chi connectivity index (χ0) is 12.7. The molecule has 0 amide bonds. The summed E-state index contributed by atoms with van der Waals surface area (Å²) in [6.07, 6.45) is 2.56. The Morgan fingerprint density at radius 1 is 1.33 bits per heavy atom. The van der Waals surface area contributed by atoms with Crippen LogP contribution in [-0.4, -0.2) is 10.8 Å². The van der Waals surface area contributed by atoms with E-state index in [0.29, 0.717) is 12.1 Å². The Labute approximate surface area is 115 Å². The van der Waals surface area contributed by atoms with Crippen molar-refractivity contribution in [3.63, 3.8) is 0 Å². The molecular weight excluding hydrogens is 266 g/mol. The Balaban J connectivity index is 2.10. The quantitative estimate of drug-likeness (QED) is 0.778. The Hall–Kier alpha value is -1.19. The molecule has 0 unspecified atom stereocenters. The van der Waals surface area contributed by atoms with Gasteiger partial charge in [-0.25, -0.2) is 4.98 Å². The minimum Gasteiger partial charge on any atom is -0.292 e. The van der Waals surface area contributed by atoms with Crippen molar-refractivity contribution >= 4 is 28.7 Å². The molecule has 0 aliphatic heterocycles. The molecule has 1 heterocycles. The number of carbonyl (C=O) groups is 1. The molecule has 0 atom stereocenters. The van der Waals surface area contributed by atoms with Gasteiger partial charge in [0.15, 0.2) is 5.78 Å². The number of aryl methyl sites for hydroxylation is 2. The average Bonchev–Trinajstić information content (AvgIpc) is 2.74. The second-order valence-electron chi connectivity index (χ2n) is 4.53. The fourth-order valence-corrected chi connectivity index (χ4v) is 3.69. The van der Waals surface area contributed by atoms with E-state index >= 15 is 0 Å². The summed E-state index contributed by atoms with van der Waals surface area (Å²) in [5, 5.41) is 1.66. The molecule has 0 bridgehead atoms. The Bertz CT molecular complexity index is 633. The normalized spacial score (nSPS) is 14.7. The maximum absolute atomic E-state index is 11.8. The highest BCUT2D eigenvalue weighted by Gasteiger charge is 2.23. The molecule has 18 heavy (non-hydrogen) atoms. The van der Waals surface area contributed by atoms with E-state index in [9.17, 15) is 4.79 Å². The first-order valence-corrected chi connectivity index (χ1v) is 7.14. The monoisotopic (exact) mass is 277 g/mol. The van der Waals surface area contributed by atoms with Crippen LogP contribution in [0.2, 0.25) is 5.02 Å². The predicted molar refractivity (Wildman–Crippen MR) is 74.6 cm³/mol. The number of benzene rings is 1. The minimum atomic E-state index is 0.186. The van der Waals surface area contributed by atoms with Crippen molar-refractivity contribution in [3.8, 4) is 10.6 Å². The highest BCUT2D eigenvalue weighted by atomic mass is 35.5. The lowest BCUT2D eigenvalue weighted by molar-refractivity contribution is 0.0968. The van der Waals surface area contributed by atoms with Gasteiger partial charge in [-0.3, -0.25) is 4.79 Å². The van der Waals surface area contributed by atoms with Crippen molar-refractivity contribution < 1.29 is 4.79 Å². The highest BCUT2D eigenvalue weighted by molar-refractivity contribution is 7.15. The molecule has 92 valence electrons. The van der Waals surface area contributed by atoms with Crippen molar-refractivity contribution in [2.75, 3.05) is 0 Å². The molecule has 0 fully saturated rings. The number of Topliss-reactive ketones (excluding diaryl/α,β-unsaturated/α-hetero) is 1. The Morgan fingerprint density at radius 2 is 2.17 bits per heavy atom. The standard InChI is InChI=1S/C14H12ClNOS/c1-8-7-9(15)5-6-10(8)14-16-13-11(17)3-2-4-12(13)18-14/h5-7H,2-4H2,1H3. The number of carbonyl (C=O) groups excluding carboxylic acids is 1. The zero-order valence-electron chi connectivity index (χ0n) is 10.00. The number of thiazole rings is 1. The molecule has 2 nitrogen and oxygen atoms in total. The maximum atomic E-state index is 11.8. The van der Waals surface area contributed by atoms with Crippen LogP contribution in [0.4, 0.5) is 0 Å². The molecule has 0 saturated heterocycles. The topological polar surface area (TPSA) is 30.0 Å². The van der Waals surface area contributed by atoms with E-state index in [1.165, 1.54) is 0 Å². The lowest BCUT2D eigenvalue weighted by Crippen LogP contribution is -2.08. The number of aromatic nitrogens is 1. The van der Waals surface area contributed by atoms with Crippen LogP contribution < -0.4 is 0 Å². The van der Waals surface area contributed by atoms with Crippen molar-refractivity contribution in [1.82, 2.24) is 4.98 Å². The van der Waals surface area contributed by atoms with E-state index < -0.39 is 0 Å². The molecule has 0 N–H and O–H groups in total. The van der Waals surface area contributed by atoms with E-state index in [4.69, 9.17) is 11.6 Å². The third-order valence-electron chi connectivity index (χ3n) is 3.19. The van der Waals surface area contributed by atoms with Gasteiger partial charge in [0, 0.05) is 21.9 Å². The van der Waals surface area contributed by atoms with E-state index in [1.54, 1.807) is 11.3 Å². The largest absolute Gasteiger partial charge is 0.292 e. The zero-order valence-corrected chi connectivity index (χ0v) is 11.6. The number of hydrogen-bond acceptors (Lipinski definition) is 3. The molecular formula is C14H12ClNOS. The Kier molecular flexibility index (Phi) is 2.96. The van der Waals surface area contributed by atoms with E-state index in [-0.39, 0.29) is 5.78 Å². The smallest absolute Gasteiger partial charge is 0.182 e. The number of rotatable bonds is 1. The second-order valence-corrected chi connectivity index (χ2v) is 6.05. The Morgan fingerprint density at radius 3 is 2.89 bits per heavy atom. The van der Waals surface area contributed by atoms with E-state index in [2.05, 4.69) is 4.98 Å². The average molecular weight is 278 g/mol. The maximum Gasteiger partial charge on any atom is 0.182 e. The van der Waals surface area contributed by atoms with Gasteiger partial charge in [0.1, 0.15) is 10.7 Å². The van der Waals surface area contributed by atoms with Crippen LogP contribution in [0.3, 0.4) is 0 Å². The van der Waals surface area contributed by atoms with Crippen molar-refractivity contribution in [3.05, 3.63) is 39.4 Å². The summed E-state index contributed by atoms with van der Waals surface area (Å²) in [6.45, 7) is 2.02. The van der Waals surface area contributed by atoms with Gasteiger partial charge in [0.05, 0.1) is 0 Å². The van der Waals surface area contributed by atoms with Crippen LogP contribution >= 0.6 is 22.9 Å². The highest BCUT2D eigenvalue weighted by Crippen LogP contribution is 2.34. The van der Waals surface area contributed by atoms with E-state index in [0.717, 1.165) is 38.9 Å². The van der Waals surface area contributed by atoms with Gasteiger partial charge in [0.2, 0.25) is 0 Å². The van der Waals surface area contributed by atoms with Crippen LogP contribution in [0.1, 0.15) is 33.8 Å². The molecule has 1 aromatic heterocycles. The van der Waals surface area contributed by atoms with Crippen molar-refractivity contribution in [2.24, 2.45) is 0 Å². The fourth-order valence-electron chi connectivity index (χ4n) is 2.25. The van der Waals surface area contributed by atoms with Crippen LogP contribution in [0.15, 0.2) is 18.2 Å². The molecule has 3 rings (SSSR count). The summed E-state index contributed by atoms with van der Waals surface area (Å²) in [7, 11) is 0. The fraction of sp³-hybridized carbons (Fsp3) is 0.286. The molecule has 1 aliphatic carbocycles. The lowest BCUT2D eigenvalue weighted by atomic mass is 10.0. The van der Waals surface area contributed by atoms with Crippen LogP contribution in [0, 0.1) is 6.92 Å². The number of hydrogen-bond donors (Lipinski definition) is 0. The summed E-state index contributed by atoms with van der Waals surface area (Å²) in [4.78, 5) is 17.4. The SMILES string of the molecule is Cc1cc(Cl)ccc1-c1nc2c(s1)CCCC2=O. The number of halogens is 1. The van der Waals surface area contributed by atoms with Gasteiger partial charge in [-0.1, -0.05) is 17.7 Å². The third kappa shape index (κ3) is 1.98. The second kappa shape index (κ2) is 4.48. The van der Waals surface area contributed by atoms with Gasteiger partial charge < -0.3 is 0 Å². The summed E-state index contributed by atoms with van der Waals surface area (Å²) in [6, 6.07) is 5.78. The van der Waals surface area contributed by atoms with Crippen LogP contribution in [0.25, 0.3) is 10.6 Å². The minimum absolute atomic E-state index is 0.186. The molecule has 2 aromatic rings. The first kappa shape index (κ1) is 11.9. The molecule has 1 aromatic carbocycles. The van der Waals surface area contributed by atoms with Gasteiger partial charge in [-0.15, -0.1) is 11.3 Å². The molecule has 1 aliphatic rings. The van der Waals surface area contributed by atoms with Gasteiger partial charge in [-0.2, -0.15) is 0 Å². The first-order valence-electron chi connectivity index (χ1n) is 5.94. The molecule has 4 heteroatoms. The number of fused-ring (bicyclic) bond motifs is 1. The van der Waals surface area contributed by atoms with Crippen molar-refractivity contribution in [1.29, 1.82) is 0 Å². The molecule has 0 radical (unpaired) electrons.